The summed E-state index contributed by atoms with van der Waals surface area (Å²) in [7, 11) is 1.73. The molecular formula is C63H68N10O9. The zero-order chi connectivity index (χ0) is 57.0. The Labute approximate surface area is 475 Å². The number of aromatic amines is 1. The van der Waals surface area contributed by atoms with Crippen molar-refractivity contribution < 1.29 is 38.5 Å². The van der Waals surface area contributed by atoms with Gasteiger partial charge in [-0.15, -0.1) is 6.42 Å². The Bertz CT molecular complexity index is 3570. The summed E-state index contributed by atoms with van der Waals surface area (Å²) < 4.78 is 20.9. The summed E-state index contributed by atoms with van der Waals surface area (Å²) in [6.07, 6.45) is 12.9. The number of H-pyrrole nitrogens is 1. The molecule has 19 nitrogen and oxygen atoms in total. The quantitative estimate of drug-likeness (QED) is 0.0255. The van der Waals surface area contributed by atoms with Gasteiger partial charge in [-0.25, -0.2) is 14.8 Å². The average molecular weight is 1110 g/mol. The van der Waals surface area contributed by atoms with Gasteiger partial charge in [-0.3, -0.25) is 19.2 Å². The van der Waals surface area contributed by atoms with Crippen LogP contribution in [0.3, 0.4) is 0 Å². The molecule has 0 spiro atoms. The number of pyridine rings is 1. The Morgan fingerprint density at radius 2 is 1.57 bits per heavy atom. The Kier molecular flexibility index (Phi) is 16.2. The number of benzene rings is 4. The predicted molar refractivity (Wildman–Crippen MR) is 311 cm³/mol. The normalized spacial score (nSPS) is 17.3. The van der Waals surface area contributed by atoms with Crippen molar-refractivity contribution in [3.8, 4) is 34.6 Å². The number of hydrogen-bond donors (Lipinski definition) is 6. The van der Waals surface area contributed by atoms with Crippen LogP contribution in [-0.4, -0.2) is 136 Å². The van der Waals surface area contributed by atoms with E-state index in [1.54, 1.807) is 17.8 Å². The number of terminal acetylenes is 1. The summed E-state index contributed by atoms with van der Waals surface area (Å²) in [5.41, 5.74) is 6.79. The maximum absolute atomic E-state index is 13.5. The van der Waals surface area contributed by atoms with Gasteiger partial charge >= 0.3 is 12.1 Å². The van der Waals surface area contributed by atoms with Crippen molar-refractivity contribution >= 4 is 51.6 Å². The van der Waals surface area contributed by atoms with Gasteiger partial charge in [-0.2, -0.15) is 0 Å². The standard InChI is InChI=1S/C63H68N10O9/c1-4-27-67-62(2)25-31-72(32-26-62)42-23-29-73(30-24-42)60-68-52-21-18-40(50-36-71(3)59(78)56-48(50)22-28-64-56)33-49(52)57(70-60)63(82-43-19-20-43,41-12-6-5-7-13-41)38-80-39-66-54(74)35-65-58(77)53(34-55(75)76)69-61(79)81-37-51-46-16-10-8-14-44(46)45-15-9-11-17-47(45)51/h1,5-18,21-22,28,33,36,42-43,51,53,64,67H,19-20,23-27,29-32,34-35,37-39H2,2-3H3,(H,65,77)(H,66,74)(H,69,79)(H,75,76)/t53-,63?/m0/s1. The molecule has 4 aromatic carbocycles. The molecule has 11 rings (SSSR count). The Morgan fingerprint density at radius 1 is 0.866 bits per heavy atom. The third kappa shape index (κ3) is 11.8. The minimum atomic E-state index is -1.54. The van der Waals surface area contributed by atoms with Crippen molar-refractivity contribution in [3.05, 3.63) is 148 Å². The van der Waals surface area contributed by atoms with Gasteiger partial charge in [0.05, 0.1) is 43.4 Å². The van der Waals surface area contributed by atoms with Crippen LogP contribution in [0.15, 0.2) is 120 Å². The zero-order valence-corrected chi connectivity index (χ0v) is 46.1. The second-order valence-corrected chi connectivity index (χ2v) is 22.1. The summed E-state index contributed by atoms with van der Waals surface area (Å²) in [5.74, 6) is 0.172. The summed E-state index contributed by atoms with van der Waals surface area (Å²) in [5, 5.41) is 22.3. The fourth-order valence-corrected chi connectivity index (χ4v) is 12.0. The van der Waals surface area contributed by atoms with Crippen molar-refractivity contribution in [3.63, 3.8) is 0 Å². The molecule has 3 aromatic heterocycles. The smallest absolute Gasteiger partial charge is 0.407 e. The molecule has 2 atom stereocenters. The number of nitrogens with one attached hydrogen (secondary N) is 5. The van der Waals surface area contributed by atoms with Crippen molar-refractivity contribution in [1.82, 2.24) is 45.7 Å². The Morgan fingerprint density at radius 3 is 2.27 bits per heavy atom. The van der Waals surface area contributed by atoms with Gasteiger partial charge in [0.25, 0.3) is 5.56 Å². The van der Waals surface area contributed by atoms with E-state index in [-0.39, 0.29) is 43.1 Å². The number of aryl methyl sites for hydroxylation is 1. The lowest BCUT2D eigenvalue weighted by atomic mass is 9.87. The number of ether oxygens (including phenoxy) is 3. The number of likely N-dealkylation sites (tertiary alicyclic amines) is 1. The van der Waals surface area contributed by atoms with Crippen LogP contribution < -0.4 is 31.7 Å². The van der Waals surface area contributed by atoms with E-state index in [0.29, 0.717) is 40.6 Å². The highest BCUT2D eigenvalue weighted by Gasteiger charge is 2.45. The largest absolute Gasteiger partial charge is 0.481 e. The number of carboxylic acids is 1. The van der Waals surface area contributed by atoms with Crippen LogP contribution in [0.25, 0.3) is 44.1 Å². The molecule has 4 aliphatic rings. The molecule has 82 heavy (non-hydrogen) atoms. The van der Waals surface area contributed by atoms with E-state index in [1.165, 1.54) is 0 Å². The van der Waals surface area contributed by atoms with Crippen LogP contribution in [0, 0.1) is 12.3 Å². The molecule has 1 saturated carbocycles. The van der Waals surface area contributed by atoms with E-state index >= 15 is 0 Å². The Balaban J connectivity index is 0.816. The number of fused-ring (bicyclic) bond motifs is 5. The number of anilines is 1. The van der Waals surface area contributed by atoms with Gasteiger partial charge in [0.1, 0.15) is 24.9 Å². The maximum atomic E-state index is 13.5. The lowest BCUT2D eigenvalue weighted by molar-refractivity contribution is -0.139. The van der Waals surface area contributed by atoms with Crippen LogP contribution in [-0.2, 0) is 41.2 Å². The third-order valence-electron chi connectivity index (χ3n) is 16.6. The molecule has 0 radical (unpaired) electrons. The van der Waals surface area contributed by atoms with Gasteiger partial charge in [-0.1, -0.05) is 90.8 Å². The fraction of sp³-hybridized carbons (Fsp3) is 0.381. The molecule has 2 saturated heterocycles. The number of hydrogen-bond acceptors (Lipinski definition) is 13. The van der Waals surface area contributed by atoms with Crippen LogP contribution in [0.4, 0.5) is 10.7 Å². The molecule has 5 heterocycles. The topological polar surface area (TPSA) is 234 Å². The highest BCUT2D eigenvalue weighted by Crippen LogP contribution is 2.46. The molecule has 1 unspecified atom stereocenters. The minimum absolute atomic E-state index is 0.0237. The first kappa shape index (κ1) is 55.5. The second kappa shape index (κ2) is 24.0. The molecule has 19 heteroatoms. The number of carbonyl (C=O) groups is 4. The lowest BCUT2D eigenvalue weighted by Crippen LogP contribution is -2.55. The SMILES string of the molecule is C#CCNC1(C)CCN(C2CCN(c3nc(C(COCNC(=O)CNC(=O)[C@H](CC(=O)O)NC(=O)OCC4c5ccccc5-c5ccccc54)(OC4CC4)c4ccccc4)c4cc(-c5cn(C)c(=O)c6[nH]ccc56)ccc4n3)CC2)CC1. The first-order valence-electron chi connectivity index (χ1n) is 28.2. The summed E-state index contributed by atoms with van der Waals surface area (Å²) in [4.78, 5) is 84.0. The zero-order valence-electron chi connectivity index (χ0n) is 46.1. The average Bonchev–Trinajstić information content (AvgIpc) is 3.10. The first-order chi connectivity index (χ1) is 39.8. The lowest BCUT2D eigenvalue weighted by Gasteiger charge is -2.45. The molecule has 2 aliphatic heterocycles. The number of nitrogens with zero attached hydrogens (tertiary/aromatic N) is 5. The number of carbonyl (C=O) groups excluding carboxylic acids is 3. The van der Waals surface area contributed by atoms with Crippen LogP contribution in [0.2, 0.25) is 0 Å². The van der Waals surface area contributed by atoms with E-state index in [9.17, 15) is 29.1 Å². The maximum Gasteiger partial charge on any atom is 0.407 e. The number of carboxylic acid groups (broad SMARTS) is 1. The van der Waals surface area contributed by atoms with Crippen molar-refractivity contribution in [2.75, 3.05) is 64.1 Å². The van der Waals surface area contributed by atoms with E-state index in [1.807, 2.05) is 109 Å². The molecular weight excluding hydrogens is 1040 g/mol. The van der Waals surface area contributed by atoms with Gasteiger partial charge in [0.2, 0.25) is 17.8 Å². The van der Waals surface area contributed by atoms with E-state index in [0.717, 1.165) is 109 Å². The number of aliphatic carboxylic acids is 1. The van der Waals surface area contributed by atoms with Crippen LogP contribution in [0.1, 0.15) is 80.2 Å². The molecule has 6 N–H and O–H groups in total. The first-order valence-corrected chi connectivity index (χ1v) is 28.2. The van der Waals surface area contributed by atoms with E-state index < -0.39 is 48.5 Å². The van der Waals surface area contributed by atoms with Crippen molar-refractivity contribution in [2.45, 2.75) is 87.1 Å². The van der Waals surface area contributed by atoms with Gasteiger partial charge in [0.15, 0.2) is 5.60 Å². The highest BCUT2D eigenvalue weighted by atomic mass is 16.6. The van der Waals surface area contributed by atoms with Gasteiger partial charge in [0, 0.05) is 79.5 Å². The molecule has 0 bridgehead atoms. The second-order valence-electron chi connectivity index (χ2n) is 22.1. The fourth-order valence-electron chi connectivity index (χ4n) is 12.0. The highest BCUT2D eigenvalue weighted by molar-refractivity contribution is 5.98. The van der Waals surface area contributed by atoms with Crippen molar-refractivity contribution in [2.24, 2.45) is 7.05 Å². The van der Waals surface area contributed by atoms with Crippen molar-refractivity contribution in [1.29, 1.82) is 0 Å². The number of piperidine rings is 2. The predicted octanol–water partition coefficient (Wildman–Crippen LogP) is 6.53. The van der Waals surface area contributed by atoms with Gasteiger partial charge in [-0.05, 0) is 97.0 Å². The van der Waals surface area contributed by atoms with E-state index in [2.05, 4.69) is 48.9 Å². The number of aromatic nitrogens is 4. The van der Waals surface area contributed by atoms with Gasteiger partial charge < -0.3 is 59.9 Å². The number of alkyl carbamates (subject to hydrolysis) is 1. The summed E-state index contributed by atoms with van der Waals surface area (Å²) >= 11 is 0. The summed E-state index contributed by atoms with van der Waals surface area (Å²) in [6.45, 7) is 5.28. The van der Waals surface area contributed by atoms with E-state index in [4.69, 9.17) is 30.6 Å². The molecule has 424 valence electrons. The Hall–Kier alpha value is -8.41. The van der Waals surface area contributed by atoms with Crippen LogP contribution in [0.5, 0.6) is 0 Å². The monoisotopic (exact) mass is 1110 g/mol. The number of amides is 3. The third-order valence-corrected chi connectivity index (χ3v) is 16.6. The molecule has 7 aromatic rings. The minimum Gasteiger partial charge on any atom is -0.481 e. The molecule has 3 fully saturated rings. The summed E-state index contributed by atoms with van der Waals surface area (Å²) in [6, 6.07) is 32.3. The molecule has 2 aliphatic carbocycles. The molecule has 3 amide bonds. The number of rotatable bonds is 21. The van der Waals surface area contributed by atoms with Crippen LogP contribution >= 0.6 is 0 Å².